The molecule has 556 valence electrons. The molecule has 20 rings (SSSR count). The third-order valence-electron chi connectivity index (χ3n) is 9.42. The molecule has 0 saturated carbocycles. The van der Waals surface area contributed by atoms with Crippen LogP contribution in [0.1, 0.15) is 29.7 Å². The number of fused-ring (bicyclic) bond motifs is 2. The van der Waals surface area contributed by atoms with Gasteiger partial charge in [-0.3, -0.25) is 30.1 Å². The Balaban J connectivity index is 0. The number of thiazole rings is 1. The number of benzene rings is 2. The lowest BCUT2D eigenvalue weighted by molar-refractivity contribution is 0.420. The first-order valence-electron chi connectivity index (χ1n) is 29.7. The zero-order valence-corrected chi connectivity index (χ0v) is 58.2. The van der Waals surface area contributed by atoms with Gasteiger partial charge in [0.2, 0.25) is 0 Å². The predicted molar refractivity (Wildman–Crippen MR) is 428 cm³/mol. The van der Waals surface area contributed by atoms with E-state index in [9.17, 15) is 0 Å². The third kappa shape index (κ3) is 67.6. The summed E-state index contributed by atoms with van der Waals surface area (Å²) in [5, 5.41) is 44.5. The van der Waals surface area contributed by atoms with Crippen molar-refractivity contribution >= 4 is 66.6 Å². The number of furan rings is 2. The van der Waals surface area contributed by atoms with Crippen molar-refractivity contribution in [3.63, 3.8) is 0 Å². The van der Waals surface area contributed by atoms with Gasteiger partial charge >= 0.3 is 0 Å². The highest BCUT2D eigenvalue weighted by Crippen LogP contribution is 2.19. The fraction of sp³-hybridized carbons (Fsp3) is 0.0533. The van der Waals surface area contributed by atoms with E-state index in [0.29, 0.717) is 0 Å². The van der Waals surface area contributed by atoms with Crippen LogP contribution in [-0.2, 0) is 0 Å². The van der Waals surface area contributed by atoms with Gasteiger partial charge in [-0.1, -0.05) is 89.5 Å². The molecule has 32 heteroatoms. The highest BCUT2D eigenvalue weighted by Gasteiger charge is 1.90. The maximum absolute atomic E-state index is 5.12. The average Bonchev–Trinajstić information content (AvgIpc) is 1.76. The first-order valence-corrected chi connectivity index (χ1v) is 33.3. The number of hydrogen-bond donors (Lipinski definition) is 5. The Morgan fingerprint density at radius 2 is 0.981 bits per heavy atom. The summed E-state index contributed by atoms with van der Waals surface area (Å²) in [6.45, 7) is 0. The molecule has 20 aromatic rings. The first-order chi connectivity index (χ1) is 51.4. The molecule has 0 aliphatic rings. The van der Waals surface area contributed by atoms with Gasteiger partial charge in [0.05, 0.1) is 55.4 Å². The molecule has 0 aliphatic carbocycles. The summed E-state index contributed by atoms with van der Waals surface area (Å²) in [4.78, 5) is 46.1. The Bertz CT molecular complexity index is 3270. The molecule has 0 bridgehead atoms. The number of aromatic amines is 5. The molecule has 18 aromatic heterocycles. The number of nitrogens with one attached hydrogen (secondary N) is 5. The summed E-state index contributed by atoms with van der Waals surface area (Å²) in [6.07, 6.45) is 57.6. The van der Waals surface area contributed by atoms with Gasteiger partial charge in [-0.15, -0.1) is 22.7 Å². The van der Waals surface area contributed by atoms with E-state index in [4.69, 9.17) is 4.42 Å². The molecule has 0 atom stereocenters. The highest BCUT2D eigenvalue weighted by molar-refractivity contribution is 7.17. The molecule has 28 nitrogen and oxygen atoms in total. The smallest absolute Gasteiger partial charge is 0.180 e. The Morgan fingerprint density at radius 1 is 0.318 bits per heavy atom. The third-order valence-corrected chi connectivity index (χ3v) is 12.0. The van der Waals surface area contributed by atoms with Gasteiger partial charge in [0.15, 0.2) is 6.39 Å². The number of para-hydroxylation sites is 1. The first kappa shape index (κ1) is 95.1. The number of nitrogens with zero attached hydrogens (tertiary/aromatic N) is 19. The molecule has 0 unspecified atom stereocenters. The van der Waals surface area contributed by atoms with Gasteiger partial charge in [0.1, 0.15) is 43.4 Å². The van der Waals surface area contributed by atoms with Crippen LogP contribution in [0.15, 0.2) is 426 Å². The van der Waals surface area contributed by atoms with E-state index in [0.717, 1.165) is 11.0 Å². The zero-order chi connectivity index (χ0) is 72.3. The SMILES string of the molecule is C.C.C.C.c1c[nH]cn1.c1cc[nH]c1.c1ccc2occc2c1.c1ccc2sccc2c1.c1ccncc1.c1ccnnc1.c1ccoc1.c1ccsc1.c1cn[nH]c1.c1cn[nH]n1.c1cnccn1.c1cncnc1.c1cncnc1.c1cnoc1.c1cnsc1.c1cocn1.c1cscn1.c1nc[nH]n1. The molecule has 0 aliphatic heterocycles. The molecule has 2 aromatic carbocycles. The number of hydrogen-bond acceptors (Lipinski definition) is 27. The molecular weight excluding hydrogens is 1430 g/mol. The van der Waals surface area contributed by atoms with Crippen LogP contribution in [0.3, 0.4) is 0 Å². The molecular formula is C75H88N24O4S4. The molecule has 5 N–H and O–H groups in total. The number of rotatable bonds is 0. The van der Waals surface area contributed by atoms with E-state index < -0.39 is 0 Å². The largest absolute Gasteiger partial charge is 0.473 e. The highest BCUT2D eigenvalue weighted by atomic mass is 32.1. The second-order valence-corrected chi connectivity index (χ2v) is 19.8. The summed E-state index contributed by atoms with van der Waals surface area (Å²) >= 11 is 6.57. The second-order valence-electron chi connectivity index (χ2n) is 16.6. The predicted octanol–water partition coefficient (Wildman–Crippen LogP) is 19.0. The number of imidazole rings is 1. The lowest BCUT2D eigenvalue weighted by Gasteiger charge is -1.82. The van der Waals surface area contributed by atoms with Crippen molar-refractivity contribution in [3.05, 3.63) is 408 Å². The summed E-state index contributed by atoms with van der Waals surface area (Å²) in [5.74, 6) is 0. The maximum atomic E-state index is 5.12. The van der Waals surface area contributed by atoms with E-state index in [1.165, 1.54) is 65.8 Å². The van der Waals surface area contributed by atoms with Crippen LogP contribution >= 0.6 is 45.5 Å². The van der Waals surface area contributed by atoms with Crippen molar-refractivity contribution in [3.8, 4) is 0 Å². The molecule has 0 radical (unpaired) electrons. The Kier molecular flexibility index (Phi) is 72.0. The number of aromatic nitrogens is 24. The number of thiophene rings is 2. The van der Waals surface area contributed by atoms with Gasteiger partial charge < -0.3 is 27.7 Å². The quantitative estimate of drug-likeness (QED) is 0.0941. The fourth-order valence-electron chi connectivity index (χ4n) is 5.34. The minimum absolute atomic E-state index is 0. The van der Waals surface area contributed by atoms with Crippen LogP contribution in [0.2, 0.25) is 0 Å². The molecule has 0 fully saturated rings. The molecule has 18 heterocycles. The van der Waals surface area contributed by atoms with Crippen LogP contribution in [0.25, 0.3) is 21.1 Å². The fourth-order valence-corrected chi connectivity index (χ4v) is 7.28. The normalized spacial score (nSPS) is 8.07. The van der Waals surface area contributed by atoms with E-state index in [-0.39, 0.29) is 29.7 Å². The minimum atomic E-state index is 0. The number of H-pyrrole nitrogens is 5. The summed E-state index contributed by atoms with van der Waals surface area (Å²) < 4.78 is 23.6. The monoisotopic (exact) mass is 1520 g/mol. The van der Waals surface area contributed by atoms with Crippen molar-refractivity contribution in [2.24, 2.45) is 0 Å². The standard InChI is InChI=1S/C8H6O.C8H6S.C5H5N.4C4H4N2.C4H5N.C4H4O.C4H4S.2C3H4N2.2C3H3NO.2C3H3NS.2C2H3N3.4CH4/c2*1-2-4-8-7(3-1)5-6-9-8;1-2-4-6-5-3-1;1-2-6-4-3-5-1;2*1-2-5-4-6-3-1;1-2-4-6-5-3-1;3*1-2-4-5-3-1;1-2-5-3-4-1;1-2-4-5-3-1;1-2-5-3-4-1;1-2-4-5-3-1;1-2-5-3-4-1;1-2-4-5-3-1;1-3-2-5-4-1;1-2-4-5-3-1;;;;/h2*1-6H;1-5H;4*1-4H;1-5H;2*1-4H;2*1-3H,(H,4,5);4*1-3H;2*1-2H,(H,3,4,5);4*1H4. The Labute approximate surface area is 638 Å². The summed E-state index contributed by atoms with van der Waals surface area (Å²) in [5.41, 5.74) is 2.75. The Hall–Kier alpha value is -14.0. The van der Waals surface area contributed by atoms with Gasteiger partial charge in [-0.05, 0) is 136 Å². The van der Waals surface area contributed by atoms with E-state index in [1.54, 1.807) is 219 Å². The van der Waals surface area contributed by atoms with E-state index in [1.807, 2.05) is 143 Å². The molecule has 0 amide bonds. The number of pyridine rings is 1. The minimum Gasteiger partial charge on any atom is -0.473 e. The van der Waals surface area contributed by atoms with Crippen molar-refractivity contribution in [2.75, 3.05) is 0 Å². The molecule has 0 spiro atoms. The maximum Gasteiger partial charge on any atom is 0.180 e. The lowest BCUT2D eigenvalue weighted by Crippen LogP contribution is -1.69. The van der Waals surface area contributed by atoms with E-state index in [2.05, 4.69) is 169 Å². The van der Waals surface area contributed by atoms with Gasteiger partial charge in [0.25, 0.3) is 0 Å². The lowest BCUT2D eigenvalue weighted by atomic mass is 10.3. The van der Waals surface area contributed by atoms with Crippen molar-refractivity contribution in [2.45, 2.75) is 29.7 Å². The van der Waals surface area contributed by atoms with Crippen LogP contribution in [0.5, 0.6) is 0 Å². The van der Waals surface area contributed by atoms with Gasteiger partial charge in [-0.25, -0.2) is 39.3 Å². The van der Waals surface area contributed by atoms with Crippen LogP contribution in [0, 0.1) is 0 Å². The Morgan fingerprint density at radius 3 is 1.26 bits per heavy atom. The second kappa shape index (κ2) is 81.0. The average molecular weight is 1520 g/mol. The van der Waals surface area contributed by atoms with Crippen molar-refractivity contribution in [1.82, 2.24) is 120 Å². The molecule has 107 heavy (non-hydrogen) atoms. The van der Waals surface area contributed by atoms with Crippen molar-refractivity contribution < 1.29 is 17.8 Å². The van der Waals surface area contributed by atoms with Gasteiger partial charge in [0, 0.05) is 145 Å². The van der Waals surface area contributed by atoms with Crippen LogP contribution in [-0.4, -0.2) is 120 Å². The topological polar surface area (TPSA) is 376 Å². The van der Waals surface area contributed by atoms with Gasteiger partial charge in [-0.2, -0.15) is 47.1 Å². The molecule has 0 saturated heterocycles. The zero-order valence-electron chi connectivity index (χ0n) is 54.9. The number of oxazole rings is 1. The van der Waals surface area contributed by atoms with Crippen molar-refractivity contribution in [1.29, 1.82) is 0 Å². The summed E-state index contributed by atoms with van der Waals surface area (Å²) in [6, 6.07) is 50.4. The van der Waals surface area contributed by atoms with Crippen LogP contribution < -0.4 is 0 Å². The van der Waals surface area contributed by atoms with Crippen LogP contribution in [0.4, 0.5) is 0 Å². The van der Waals surface area contributed by atoms with E-state index >= 15 is 0 Å². The summed E-state index contributed by atoms with van der Waals surface area (Å²) in [7, 11) is 0.